The minimum atomic E-state index is -3.23. The van der Waals surface area contributed by atoms with Gasteiger partial charge in [-0.05, 0) is 28.1 Å². The normalized spacial score (nSPS) is 14.2. The van der Waals surface area contributed by atoms with Gasteiger partial charge in [0.25, 0.3) is 5.91 Å². The number of hydrogen-bond donors (Lipinski definition) is 5. The van der Waals surface area contributed by atoms with Crippen molar-refractivity contribution in [2.45, 2.75) is 17.8 Å². The number of ether oxygens (including phenoxy) is 2. The van der Waals surface area contributed by atoms with Crippen LogP contribution in [0.2, 0.25) is 0 Å². The highest BCUT2D eigenvalue weighted by Crippen LogP contribution is 2.39. The van der Waals surface area contributed by atoms with Crippen molar-refractivity contribution in [2.75, 3.05) is 20.8 Å². The van der Waals surface area contributed by atoms with Crippen LogP contribution in [0.4, 0.5) is 0 Å². The largest absolute Gasteiger partial charge is 0.507 e. The smallest absolute Gasteiger partial charge is 0.271 e. The molecule has 0 fully saturated rings. The molecule has 1 atom stereocenters. The Kier molecular flexibility index (Phi) is 6.43. The van der Waals surface area contributed by atoms with Gasteiger partial charge in [0.1, 0.15) is 24.8 Å². The quantitative estimate of drug-likeness (QED) is 0.307. The average Bonchev–Trinajstić information content (AvgIpc) is 2.46. The van der Waals surface area contributed by atoms with Gasteiger partial charge in [0.2, 0.25) is 5.91 Å². The minimum Gasteiger partial charge on any atom is -0.507 e. The maximum absolute atomic E-state index is 11.6. The number of aromatic hydroxyl groups is 1. The van der Waals surface area contributed by atoms with E-state index in [2.05, 4.69) is 20.7 Å². The maximum atomic E-state index is 11.6. The predicted molar refractivity (Wildman–Crippen MR) is 83.8 cm³/mol. The minimum absolute atomic E-state index is 0.0350. The van der Waals surface area contributed by atoms with E-state index in [1.54, 1.807) is 5.32 Å². The first-order valence-corrected chi connectivity index (χ1v) is 7.19. The van der Waals surface area contributed by atoms with E-state index in [9.17, 15) is 25.2 Å². The Balaban J connectivity index is 3.18. The Morgan fingerprint density at radius 3 is 2.48 bits per heavy atom. The van der Waals surface area contributed by atoms with E-state index >= 15 is 0 Å². The molecule has 126 valence electrons. The molecule has 5 N–H and O–H groups in total. The molecule has 8 nitrogen and oxygen atoms in total. The van der Waals surface area contributed by atoms with E-state index in [1.807, 2.05) is 0 Å². The number of amides is 1. The van der Waals surface area contributed by atoms with Crippen LogP contribution in [0.3, 0.4) is 0 Å². The molecular weight excluding hydrogens is 373 g/mol. The molecule has 0 saturated carbocycles. The van der Waals surface area contributed by atoms with E-state index in [4.69, 9.17) is 12.6 Å². The molecule has 0 aliphatic carbocycles. The van der Waals surface area contributed by atoms with Crippen molar-refractivity contribution in [1.82, 2.24) is 5.32 Å². The van der Waals surface area contributed by atoms with Gasteiger partial charge >= 0.3 is 0 Å². The second kappa shape index (κ2) is 7.50. The first kappa shape index (κ1) is 19.7. The van der Waals surface area contributed by atoms with Gasteiger partial charge in [0.05, 0.1) is 24.6 Å². The molecule has 1 aromatic rings. The van der Waals surface area contributed by atoms with Crippen molar-refractivity contribution in [3.05, 3.63) is 22.2 Å². The Morgan fingerprint density at radius 2 is 1.96 bits per heavy atom. The third-order valence-electron chi connectivity index (χ3n) is 3.06. The molecule has 0 aliphatic rings. The van der Waals surface area contributed by atoms with Gasteiger partial charge in [-0.3, -0.25) is 4.79 Å². The Bertz CT molecular complexity index is 580. The fourth-order valence-electron chi connectivity index (χ4n) is 1.75. The molecule has 0 spiro atoms. The highest BCUT2D eigenvalue weighted by Gasteiger charge is 2.48. The monoisotopic (exact) mass is 389 g/mol. The third kappa shape index (κ3) is 4.36. The average molecular weight is 390 g/mol. The topological polar surface area (TPSA) is 128 Å². The van der Waals surface area contributed by atoms with E-state index in [0.717, 1.165) is 6.07 Å². The van der Waals surface area contributed by atoms with E-state index in [0.29, 0.717) is 0 Å². The summed E-state index contributed by atoms with van der Waals surface area (Å²) in [5, 5.41) is 41.8. The molecule has 0 aliphatic heterocycles. The number of hydrogen-bond acceptors (Lipinski definition) is 7. The Morgan fingerprint density at radius 1 is 1.35 bits per heavy atom. The van der Waals surface area contributed by atoms with Crippen molar-refractivity contribution in [2.24, 2.45) is 0 Å². The van der Waals surface area contributed by atoms with Crippen LogP contribution in [0.15, 0.2) is 16.6 Å². The molecule has 0 aromatic heterocycles. The third-order valence-corrected chi connectivity index (χ3v) is 3.69. The number of aliphatic hydroxyl groups is 3. The Hall–Kier alpha value is -1.33. The number of carbonyl (C=O) groups excluding carboxylic acids is 1. The lowest BCUT2D eigenvalue weighted by molar-refractivity contribution is -0.264. The molecule has 1 aromatic carbocycles. The van der Waals surface area contributed by atoms with Crippen LogP contribution < -0.4 is 10.1 Å². The molecule has 10 heteroatoms. The summed E-state index contributed by atoms with van der Waals surface area (Å²) in [4.78, 5) is 11.6. The van der Waals surface area contributed by atoms with Crippen LogP contribution in [0.5, 0.6) is 11.5 Å². The van der Waals surface area contributed by atoms with Gasteiger partial charge in [0, 0.05) is 12.7 Å². The van der Waals surface area contributed by atoms with Gasteiger partial charge in [-0.25, -0.2) is 0 Å². The van der Waals surface area contributed by atoms with Gasteiger partial charge in [0.15, 0.2) is 0 Å². The van der Waals surface area contributed by atoms with Crippen molar-refractivity contribution >= 4 is 29.7 Å². The van der Waals surface area contributed by atoms with Crippen LogP contribution >= 0.6 is 15.9 Å². The van der Waals surface area contributed by atoms with Gasteiger partial charge in [-0.15, -0.1) is 0 Å². The fraction of sp³-hybridized carbons (Fsp3) is 0.462. The zero-order chi connectivity index (χ0) is 17.8. The standard InChI is InChI=1S/C13H17BBrNO7/c1-22-4-3-11(18)16-13(20,21)12(14,19)7-5-9(17)8(15)6-10(7)23-2/h5-6,17,19-21H,3-4H2,1-2H3,(H,16,18). The summed E-state index contributed by atoms with van der Waals surface area (Å²) in [7, 11) is 8.22. The molecule has 23 heavy (non-hydrogen) atoms. The highest BCUT2D eigenvalue weighted by atomic mass is 79.9. The molecule has 1 amide bonds. The number of rotatable bonds is 7. The van der Waals surface area contributed by atoms with E-state index in [-0.39, 0.29) is 34.6 Å². The van der Waals surface area contributed by atoms with Crippen LogP contribution in [0, 0.1) is 0 Å². The summed E-state index contributed by atoms with van der Waals surface area (Å²) in [5.41, 5.74) is -3.23. The second-order valence-corrected chi connectivity index (χ2v) is 5.59. The lowest BCUT2D eigenvalue weighted by Crippen LogP contribution is -2.63. The number of carbonyl (C=O) groups is 1. The number of halogens is 1. The predicted octanol–water partition coefficient (Wildman–Crippen LogP) is -0.732. The zero-order valence-corrected chi connectivity index (χ0v) is 14.1. The molecule has 1 unspecified atom stereocenters. The number of nitrogens with one attached hydrogen (secondary N) is 1. The first-order chi connectivity index (χ1) is 10.6. The van der Waals surface area contributed by atoms with Gasteiger partial charge in [-0.1, -0.05) is 0 Å². The van der Waals surface area contributed by atoms with Crippen LogP contribution in [0.1, 0.15) is 12.0 Å². The molecular formula is C13H17BBrNO7. The van der Waals surface area contributed by atoms with Crippen LogP contribution in [-0.2, 0) is 15.0 Å². The highest BCUT2D eigenvalue weighted by molar-refractivity contribution is 9.10. The molecule has 0 bridgehead atoms. The SMILES string of the molecule is [B]C(O)(c1cc(O)c(Br)cc1OC)C(O)(O)NC(=O)CCOC. The maximum Gasteiger partial charge on any atom is 0.271 e. The molecule has 1 rings (SSSR count). The zero-order valence-electron chi connectivity index (χ0n) is 12.5. The lowest BCUT2D eigenvalue weighted by atomic mass is 9.71. The lowest BCUT2D eigenvalue weighted by Gasteiger charge is -2.38. The van der Waals surface area contributed by atoms with Crippen molar-refractivity contribution in [3.8, 4) is 11.5 Å². The summed E-state index contributed by atoms with van der Waals surface area (Å²) in [6.07, 6.45) is -0.182. The molecule has 0 heterocycles. The first-order valence-electron chi connectivity index (χ1n) is 6.39. The second-order valence-electron chi connectivity index (χ2n) is 4.73. The van der Waals surface area contributed by atoms with Crippen molar-refractivity contribution in [3.63, 3.8) is 0 Å². The molecule has 0 saturated heterocycles. The van der Waals surface area contributed by atoms with Gasteiger partial charge < -0.3 is 35.2 Å². The van der Waals surface area contributed by atoms with Crippen LogP contribution in [0.25, 0.3) is 0 Å². The summed E-state index contributed by atoms with van der Waals surface area (Å²) in [5.74, 6) is -4.42. The van der Waals surface area contributed by atoms with Crippen LogP contribution in [-0.4, -0.2) is 60.9 Å². The van der Waals surface area contributed by atoms with Crippen molar-refractivity contribution in [1.29, 1.82) is 0 Å². The van der Waals surface area contributed by atoms with E-state index < -0.39 is 17.3 Å². The Labute approximate surface area is 142 Å². The van der Waals surface area contributed by atoms with E-state index in [1.165, 1.54) is 20.3 Å². The molecule has 2 radical (unpaired) electrons. The number of methoxy groups -OCH3 is 2. The summed E-state index contributed by atoms with van der Waals surface area (Å²) in [6.45, 7) is 0.0350. The van der Waals surface area contributed by atoms with Crippen molar-refractivity contribution < 1.29 is 34.7 Å². The number of phenols is 1. The van der Waals surface area contributed by atoms with Gasteiger partial charge in [-0.2, -0.15) is 0 Å². The summed E-state index contributed by atoms with van der Waals surface area (Å²) in [6, 6.07) is 2.25. The summed E-state index contributed by atoms with van der Waals surface area (Å²) < 4.78 is 9.92. The number of benzene rings is 1. The number of phenolic OH excluding ortho intramolecular Hbond substituents is 1. The summed E-state index contributed by atoms with van der Waals surface area (Å²) >= 11 is 3.05. The fourth-order valence-corrected chi connectivity index (χ4v) is 2.07.